The molecule has 2 amide bonds. The maximum atomic E-state index is 14.3. The first-order valence-corrected chi connectivity index (χ1v) is 13.5. The van der Waals surface area contributed by atoms with Crippen LogP contribution in [0.25, 0.3) is 0 Å². The molecule has 7 heteroatoms. The maximum absolute atomic E-state index is 14.3. The van der Waals surface area contributed by atoms with Gasteiger partial charge in [-0.2, -0.15) is 0 Å². The molecule has 0 aliphatic carbocycles. The molecule has 1 aliphatic rings. The first-order valence-electron chi connectivity index (χ1n) is 13.5. The molecule has 41 heavy (non-hydrogen) atoms. The van der Waals surface area contributed by atoms with Gasteiger partial charge in [0.05, 0.1) is 25.1 Å². The minimum absolute atomic E-state index is 0.207. The van der Waals surface area contributed by atoms with Crippen LogP contribution in [0.1, 0.15) is 52.0 Å². The Hall–Kier alpha value is -4.78. The fourth-order valence-electron chi connectivity index (χ4n) is 5.81. The predicted octanol–water partition coefficient (Wildman–Crippen LogP) is 5.84. The molecule has 1 N–H and O–H groups in total. The number of hydrogen-bond acceptors (Lipinski definition) is 4. The SMILES string of the molecule is COC(=O)C1C(c2ccccc2)C(C(=O)NC(C)c2ccccc2)N(C(=O)c2ccc(F)cc2)C1c1ccccc1. The Bertz CT molecular complexity index is 1500. The molecule has 6 nitrogen and oxygen atoms in total. The van der Waals surface area contributed by atoms with Crippen LogP contribution in [0.2, 0.25) is 0 Å². The van der Waals surface area contributed by atoms with Crippen LogP contribution >= 0.6 is 0 Å². The molecule has 1 aliphatic heterocycles. The Labute approximate surface area is 238 Å². The lowest BCUT2D eigenvalue weighted by Gasteiger charge is -2.32. The molecule has 0 saturated carbocycles. The van der Waals surface area contributed by atoms with Crippen molar-refractivity contribution in [1.29, 1.82) is 0 Å². The van der Waals surface area contributed by atoms with Crippen molar-refractivity contribution < 1.29 is 23.5 Å². The largest absolute Gasteiger partial charge is 0.469 e. The van der Waals surface area contributed by atoms with Gasteiger partial charge < -0.3 is 15.0 Å². The van der Waals surface area contributed by atoms with Crippen molar-refractivity contribution in [2.24, 2.45) is 5.92 Å². The highest BCUT2D eigenvalue weighted by molar-refractivity contribution is 6.00. The topological polar surface area (TPSA) is 75.7 Å². The number of likely N-dealkylation sites (tertiary alicyclic amines) is 1. The van der Waals surface area contributed by atoms with Crippen LogP contribution in [0.5, 0.6) is 0 Å². The molecule has 0 radical (unpaired) electrons. The number of esters is 1. The fourth-order valence-corrected chi connectivity index (χ4v) is 5.81. The minimum atomic E-state index is -1.07. The van der Waals surface area contributed by atoms with Gasteiger partial charge >= 0.3 is 5.97 Å². The van der Waals surface area contributed by atoms with E-state index in [9.17, 15) is 18.8 Å². The lowest BCUT2D eigenvalue weighted by molar-refractivity contribution is -0.146. The molecule has 5 atom stereocenters. The molecule has 1 fully saturated rings. The average molecular weight is 551 g/mol. The molecule has 4 aromatic rings. The van der Waals surface area contributed by atoms with Crippen molar-refractivity contribution in [1.82, 2.24) is 10.2 Å². The number of rotatable bonds is 7. The normalized spacial score (nSPS) is 20.7. The Balaban J connectivity index is 1.69. The fraction of sp³-hybridized carbons (Fsp3) is 0.206. The van der Waals surface area contributed by atoms with Crippen LogP contribution in [0.15, 0.2) is 115 Å². The number of halogens is 1. The van der Waals surface area contributed by atoms with Gasteiger partial charge in [-0.25, -0.2) is 4.39 Å². The van der Waals surface area contributed by atoms with Crippen LogP contribution in [0, 0.1) is 11.7 Å². The average Bonchev–Trinajstić information content (AvgIpc) is 3.38. The van der Waals surface area contributed by atoms with E-state index in [0.717, 1.165) is 11.1 Å². The molecule has 0 bridgehead atoms. The highest BCUT2D eigenvalue weighted by Crippen LogP contribution is 2.51. The number of ether oxygens (including phenoxy) is 1. The number of nitrogens with zero attached hydrogens (tertiary/aromatic N) is 1. The zero-order chi connectivity index (χ0) is 28.9. The zero-order valence-corrected chi connectivity index (χ0v) is 22.8. The van der Waals surface area contributed by atoms with Crippen LogP contribution in [0.4, 0.5) is 4.39 Å². The maximum Gasteiger partial charge on any atom is 0.311 e. The summed E-state index contributed by atoms with van der Waals surface area (Å²) in [5.41, 5.74) is 2.52. The van der Waals surface area contributed by atoms with Gasteiger partial charge in [0.15, 0.2) is 0 Å². The first kappa shape index (κ1) is 27.8. The predicted molar refractivity (Wildman–Crippen MR) is 153 cm³/mol. The van der Waals surface area contributed by atoms with Crippen LogP contribution in [-0.2, 0) is 14.3 Å². The van der Waals surface area contributed by atoms with Crippen molar-refractivity contribution in [2.75, 3.05) is 7.11 Å². The second kappa shape index (κ2) is 12.2. The highest BCUT2D eigenvalue weighted by Gasteiger charge is 2.58. The second-order valence-electron chi connectivity index (χ2n) is 10.1. The van der Waals surface area contributed by atoms with Crippen molar-refractivity contribution >= 4 is 17.8 Å². The summed E-state index contributed by atoms with van der Waals surface area (Å²) in [4.78, 5) is 43.7. The third kappa shape index (κ3) is 5.61. The summed E-state index contributed by atoms with van der Waals surface area (Å²) in [6, 6.07) is 30.9. The monoisotopic (exact) mass is 550 g/mol. The van der Waals surface area contributed by atoms with Gasteiger partial charge in [0, 0.05) is 11.5 Å². The van der Waals surface area contributed by atoms with Gasteiger partial charge in [0.2, 0.25) is 5.91 Å². The van der Waals surface area contributed by atoms with Gasteiger partial charge in [0.1, 0.15) is 11.9 Å². The number of methoxy groups -OCH3 is 1. The third-order valence-electron chi connectivity index (χ3n) is 7.72. The number of amides is 2. The summed E-state index contributed by atoms with van der Waals surface area (Å²) < 4.78 is 19.1. The molecule has 1 heterocycles. The summed E-state index contributed by atoms with van der Waals surface area (Å²) >= 11 is 0. The van der Waals surface area contributed by atoms with E-state index in [1.807, 2.05) is 97.9 Å². The standard InChI is InChI=1S/C34H31FN2O4/c1-22(23-12-6-3-7-13-23)36-32(38)31-28(24-14-8-4-9-15-24)29(34(40)41-2)30(25-16-10-5-11-17-25)37(31)33(39)26-18-20-27(35)21-19-26/h3-22,28-31H,1-2H3,(H,36,38). The first-order chi connectivity index (χ1) is 19.9. The molecule has 5 unspecified atom stereocenters. The third-order valence-corrected chi connectivity index (χ3v) is 7.72. The summed E-state index contributed by atoms with van der Waals surface area (Å²) in [7, 11) is 1.31. The van der Waals surface area contributed by atoms with E-state index >= 15 is 0 Å². The Morgan fingerprint density at radius 3 is 1.88 bits per heavy atom. The lowest BCUT2D eigenvalue weighted by Crippen LogP contribution is -2.49. The summed E-state index contributed by atoms with van der Waals surface area (Å²) in [6.07, 6.45) is 0. The molecule has 4 aromatic carbocycles. The minimum Gasteiger partial charge on any atom is -0.469 e. The van der Waals surface area contributed by atoms with E-state index in [1.54, 1.807) is 0 Å². The second-order valence-corrected chi connectivity index (χ2v) is 10.1. The zero-order valence-electron chi connectivity index (χ0n) is 22.8. The Morgan fingerprint density at radius 2 is 1.32 bits per heavy atom. The lowest BCUT2D eigenvalue weighted by atomic mass is 9.79. The quantitative estimate of drug-likeness (QED) is 0.293. The van der Waals surface area contributed by atoms with Crippen LogP contribution < -0.4 is 5.32 Å². The molecule has 208 valence electrons. The van der Waals surface area contributed by atoms with E-state index in [4.69, 9.17) is 4.74 Å². The van der Waals surface area contributed by atoms with Crippen molar-refractivity contribution in [3.63, 3.8) is 0 Å². The van der Waals surface area contributed by atoms with E-state index < -0.39 is 47.5 Å². The Morgan fingerprint density at radius 1 is 0.780 bits per heavy atom. The van der Waals surface area contributed by atoms with Gasteiger partial charge in [0.25, 0.3) is 5.91 Å². The van der Waals surface area contributed by atoms with Gasteiger partial charge in [-0.1, -0.05) is 91.0 Å². The van der Waals surface area contributed by atoms with Crippen LogP contribution in [0.3, 0.4) is 0 Å². The molecular formula is C34H31FN2O4. The van der Waals surface area contributed by atoms with Gasteiger partial charge in [-0.05, 0) is 47.9 Å². The van der Waals surface area contributed by atoms with E-state index in [1.165, 1.54) is 36.3 Å². The summed E-state index contributed by atoms with van der Waals surface area (Å²) in [6.45, 7) is 1.87. The summed E-state index contributed by atoms with van der Waals surface area (Å²) in [5, 5.41) is 3.09. The van der Waals surface area contributed by atoms with E-state index in [0.29, 0.717) is 5.56 Å². The highest BCUT2D eigenvalue weighted by atomic mass is 19.1. The molecular weight excluding hydrogens is 519 g/mol. The number of carbonyl (C=O) groups is 3. The van der Waals surface area contributed by atoms with E-state index in [-0.39, 0.29) is 11.6 Å². The number of benzene rings is 4. The smallest absolute Gasteiger partial charge is 0.311 e. The Kier molecular flexibility index (Phi) is 8.24. The van der Waals surface area contributed by atoms with Crippen molar-refractivity contribution in [3.05, 3.63) is 143 Å². The van der Waals surface area contributed by atoms with Gasteiger partial charge in [-0.3, -0.25) is 14.4 Å². The molecule has 5 rings (SSSR count). The molecule has 1 saturated heterocycles. The van der Waals surface area contributed by atoms with Gasteiger partial charge in [-0.15, -0.1) is 0 Å². The van der Waals surface area contributed by atoms with E-state index in [2.05, 4.69) is 5.32 Å². The number of carbonyl (C=O) groups excluding carboxylic acids is 3. The van der Waals surface area contributed by atoms with Crippen molar-refractivity contribution in [2.45, 2.75) is 31.0 Å². The molecule has 0 aromatic heterocycles. The van der Waals surface area contributed by atoms with Crippen LogP contribution in [-0.4, -0.2) is 35.8 Å². The van der Waals surface area contributed by atoms with Crippen molar-refractivity contribution in [3.8, 4) is 0 Å². The number of nitrogens with one attached hydrogen (secondary N) is 1. The number of hydrogen-bond donors (Lipinski definition) is 1. The molecule has 0 spiro atoms. The summed E-state index contributed by atoms with van der Waals surface area (Å²) in [5.74, 6) is -3.52.